The van der Waals surface area contributed by atoms with E-state index in [9.17, 15) is 36.6 Å². The number of sulfonamides is 2. The van der Waals surface area contributed by atoms with E-state index >= 15 is 0 Å². The van der Waals surface area contributed by atoms with E-state index in [4.69, 9.17) is 0 Å². The summed E-state index contributed by atoms with van der Waals surface area (Å²) < 4.78 is 52.5. The Morgan fingerprint density at radius 2 is 1.44 bits per heavy atom. The fourth-order valence-electron chi connectivity index (χ4n) is 6.47. The fraction of sp³-hybridized carbons (Fsp3) is 0.933. The van der Waals surface area contributed by atoms with Crippen LogP contribution in [0, 0.1) is 17.8 Å². The van der Waals surface area contributed by atoms with E-state index < -0.39 is 60.4 Å². The zero-order chi connectivity index (χ0) is 34.1. The van der Waals surface area contributed by atoms with Crippen LogP contribution in [0.3, 0.4) is 0 Å². The van der Waals surface area contributed by atoms with Gasteiger partial charge in [-0.05, 0) is 84.0 Å². The number of nitrogens with one attached hydrogen (secondary N) is 2. The molecule has 2 saturated carbocycles. The molecule has 0 aliphatic heterocycles. The van der Waals surface area contributed by atoms with E-state index in [1.807, 2.05) is 13.8 Å². The molecule has 45 heavy (non-hydrogen) atoms. The van der Waals surface area contributed by atoms with Crippen molar-refractivity contribution in [2.45, 2.75) is 121 Å². The molecule has 2 rings (SSSR count). The van der Waals surface area contributed by atoms with Crippen LogP contribution in [0.5, 0.6) is 0 Å². The molecule has 5 atom stereocenters. The van der Waals surface area contributed by atoms with Crippen LogP contribution in [0.25, 0.3) is 0 Å². The molecule has 0 aromatic carbocycles. The van der Waals surface area contributed by atoms with Gasteiger partial charge in [0.05, 0.1) is 28.7 Å². The van der Waals surface area contributed by atoms with Gasteiger partial charge in [-0.25, -0.2) is 26.1 Å². The van der Waals surface area contributed by atoms with Gasteiger partial charge in [-0.3, -0.25) is 9.59 Å². The van der Waals surface area contributed by atoms with Crippen LogP contribution in [0.15, 0.2) is 0 Å². The van der Waals surface area contributed by atoms with E-state index in [2.05, 4.69) is 10.1 Å². The molecular formula is C30H59N5O8S2. The largest absolute Gasteiger partial charge is 0.393 e. The van der Waals surface area contributed by atoms with Gasteiger partial charge in [-0.1, -0.05) is 13.8 Å². The average Bonchev–Trinajstić information content (AvgIpc) is 2.96. The Kier molecular flexibility index (Phi) is 15.7. The second kappa shape index (κ2) is 17.7. The molecule has 4 N–H and O–H groups in total. The van der Waals surface area contributed by atoms with Crippen LogP contribution in [-0.4, -0.2) is 123 Å². The van der Waals surface area contributed by atoms with Gasteiger partial charge >= 0.3 is 0 Å². The standard InChI is InChI=1S/C30H59N5O8S2/c1-8-14-35(15-9-2)30(39)24-17-23(18-26(19-24)45(42,43)33(5)6)29(38)31-27(16-22-10-12-25(36)13-11-22)28(37)20-34(7)32-44(40,41)21(3)4/h21-28,32,36-37H,8-20H2,1-7H3,(H,31,38). The minimum Gasteiger partial charge on any atom is -0.393 e. The van der Waals surface area contributed by atoms with Crippen molar-refractivity contribution in [2.75, 3.05) is 40.8 Å². The molecule has 0 saturated heterocycles. The number of nitrogens with zero attached hydrogens (tertiary/aromatic N) is 3. The molecule has 2 amide bonds. The van der Waals surface area contributed by atoms with Crippen molar-refractivity contribution in [3.8, 4) is 0 Å². The lowest BCUT2D eigenvalue weighted by atomic mass is 9.79. The Bertz CT molecular complexity index is 1150. The molecule has 0 spiro atoms. The highest BCUT2D eigenvalue weighted by Crippen LogP contribution is 2.36. The maximum absolute atomic E-state index is 13.9. The maximum Gasteiger partial charge on any atom is 0.226 e. The Labute approximate surface area is 271 Å². The van der Waals surface area contributed by atoms with E-state index in [0.29, 0.717) is 32.4 Å². The number of carbonyl (C=O) groups is 2. The molecule has 13 nitrogen and oxygen atoms in total. The van der Waals surface area contributed by atoms with Crippen molar-refractivity contribution >= 4 is 31.9 Å². The number of aliphatic hydroxyl groups excluding tert-OH is 2. The number of hydrazine groups is 1. The highest BCUT2D eigenvalue weighted by molar-refractivity contribution is 7.90. The van der Waals surface area contributed by atoms with E-state index in [1.54, 1.807) is 18.7 Å². The molecule has 2 aliphatic rings. The van der Waals surface area contributed by atoms with Crippen LogP contribution in [0.2, 0.25) is 0 Å². The van der Waals surface area contributed by atoms with Gasteiger partial charge in [0.15, 0.2) is 0 Å². The van der Waals surface area contributed by atoms with Crippen molar-refractivity contribution in [3.63, 3.8) is 0 Å². The minimum atomic E-state index is -3.76. The van der Waals surface area contributed by atoms with E-state index in [1.165, 1.54) is 26.2 Å². The first-order chi connectivity index (χ1) is 20.9. The van der Waals surface area contributed by atoms with Gasteiger partial charge in [0.1, 0.15) is 0 Å². The summed E-state index contributed by atoms with van der Waals surface area (Å²) in [5.74, 6) is -1.82. The van der Waals surface area contributed by atoms with Crippen LogP contribution in [0.4, 0.5) is 0 Å². The Hall–Kier alpha value is -1.36. The lowest BCUT2D eigenvalue weighted by Crippen LogP contribution is -2.54. The summed E-state index contributed by atoms with van der Waals surface area (Å²) in [7, 11) is -3.00. The monoisotopic (exact) mass is 681 g/mol. The summed E-state index contributed by atoms with van der Waals surface area (Å²) in [6, 6.07) is -0.750. The number of carbonyl (C=O) groups excluding carboxylic acids is 2. The first kappa shape index (κ1) is 39.8. The summed E-state index contributed by atoms with van der Waals surface area (Å²) in [5, 5.41) is 24.0. The molecule has 0 aromatic heterocycles. The SMILES string of the molecule is CCCN(CCC)C(=O)C1CC(C(=O)NC(CC2CCC(O)CC2)C(O)CN(C)NS(=O)(=O)C(C)C)CC(S(=O)(=O)N(C)C)C1. The van der Waals surface area contributed by atoms with Crippen LogP contribution in [-0.2, 0) is 29.6 Å². The van der Waals surface area contributed by atoms with Crippen molar-refractivity contribution in [1.82, 2.24) is 24.4 Å². The molecular weight excluding hydrogens is 622 g/mol. The molecule has 2 aliphatic carbocycles. The third-order valence-corrected chi connectivity index (χ3v) is 13.2. The first-order valence-corrected chi connectivity index (χ1v) is 19.6. The Morgan fingerprint density at radius 1 is 0.889 bits per heavy atom. The third-order valence-electron chi connectivity index (χ3n) is 9.17. The van der Waals surface area contributed by atoms with E-state index in [-0.39, 0.29) is 43.7 Å². The highest BCUT2D eigenvalue weighted by Gasteiger charge is 2.44. The van der Waals surface area contributed by atoms with Crippen molar-refractivity contribution < 1.29 is 36.6 Å². The normalized spacial score (nSPS) is 26.2. The second-order valence-corrected chi connectivity index (χ2v) is 18.2. The lowest BCUT2D eigenvalue weighted by Gasteiger charge is -2.38. The molecule has 0 radical (unpaired) electrons. The molecule has 5 unspecified atom stereocenters. The zero-order valence-corrected chi connectivity index (χ0v) is 29.9. The average molecular weight is 682 g/mol. The predicted molar refractivity (Wildman–Crippen MR) is 175 cm³/mol. The van der Waals surface area contributed by atoms with Gasteiger partial charge in [-0.15, -0.1) is 4.83 Å². The number of aliphatic hydroxyl groups is 2. The van der Waals surface area contributed by atoms with Crippen LogP contribution < -0.4 is 10.1 Å². The van der Waals surface area contributed by atoms with Gasteiger partial charge in [0.2, 0.25) is 31.9 Å². The number of likely N-dealkylation sites (N-methyl/N-ethyl adjacent to an activating group) is 1. The molecule has 264 valence electrons. The van der Waals surface area contributed by atoms with Gasteiger partial charge in [0.25, 0.3) is 0 Å². The van der Waals surface area contributed by atoms with Gasteiger partial charge in [-0.2, -0.15) is 0 Å². The zero-order valence-electron chi connectivity index (χ0n) is 28.3. The minimum absolute atomic E-state index is 0.0597. The van der Waals surface area contributed by atoms with Crippen LogP contribution >= 0.6 is 0 Å². The van der Waals surface area contributed by atoms with Crippen molar-refractivity contribution in [1.29, 1.82) is 0 Å². The summed E-state index contributed by atoms with van der Waals surface area (Å²) in [5.41, 5.74) is 0. The number of hydrogen-bond donors (Lipinski definition) is 4. The van der Waals surface area contributed by atoms with Crippen molar-refractivity contribution in [2.24, 2.45) is 17.8 Å². The predicted octanol–water partition coefficient (Wildman–Crippen LogP) is 1.27. The third kappa shape index (κ3) is 11.7. The molecule has 0 heterocycles. The van der Waals surface area contributed by atoms with Crippen LogP contribution in [0.1, 0.15) is 91.9 Å². The first-order valence-electron chi connectivity index (χ1n) is 16.5. The molecule has 2 fully saturated rings. The molecule has 15 heteroatoms. The van der Waals surface area contributed by atoms with Gasteiger partial charge in [0, 0.05) is 52.6 Å². The smallest absolute Gasteiger partial charge is 0.226 e. The highest BCUT2D eigenvalue weighted by atomic mass is 32.2. The summed E-state index contributed by atoms with van der Waals surface area (Å²) in [6.07, 6.45) is 3.54. The summed E-state index contributed by atoms with van der Waals surface area (Å²) >= 11 is 0. The van der Waals surface area contributed by atoms with Crippen molar-refractivity contribution in [3.05, 3.63) is 0 Å². The maximum atomic E-state index is 13.9. The summed E-state index contributed by atoms with van der Waals surface area (Å²) in [6.45, 7) is 8.07. The summed E-state index contributed by atoms with van der Waals surface area (Å²) in [4.78, 5) is 31.8. The Morgan fingerprint density at radius 3 is 1.96 bits per heavy atom. The lowest BCUT2D eigenvalue weighted by molar-refractivity contribution is -0.138. The van der Waals surface area contributed by atoms with E-state index in [0.717, 1.165) is 30.0 Å². The number of amides is 2. The fourth-order valence-corrected chi connectivity index (χ4v) is 8.74. The topological polar surface area (TPSA) is 177 Å². The Balaban J connectivity index is 2.32. The molecule has 0 aromatic rings. The number of rotatable bonds is 17. The van der Waals surface area contributed by atoms with Gasteiger partial charge < -0.3 is 20.4 Å². The molecule has 0 bridgehead atoms. The second-order valence-electron chi connectivity index (χ2n) is 13.5. The quantitative estimate of drug-likeness (QED) is 0.165. The number of hydrogen-bond acceptors (Lipinski definition) is 9.